The van der Waals surface area contributed by atoms with Crippen LogP contribution >= 0.6 is 27.5 Å². The van der Waals surface area contributed by atoms with Gasteiger partial charge in [-0.1, -0.05) is 46.6 Å². The molecule has 0 heterocycles. The number of halogens is 2. The average Bonchev–Trinajstić information content (AvgIpc) is 2.31. The average molecular weight is 306 g/mol. The molecule has 1 nitrogen and oxygen atoms in total. The number of hydrogen-bond acceptors (Lipinski definition) is 1. The highest BCUT2D eigenvalue weighted by Gasteiger charge is 2.09. The molecule has 0 fully saturated rings. The monoisotopic (exact) mass is 304 g/mol. The second kappa shape index (κ2) is 8.10. The van der Waals surface area contributed by atoms with Crippen LogP contribution in [0.5, 0.6) is 0 Å². The predicted molar refractivity (Wildman–Crippen MR) is 73.7 cm³/mol. The molecule has 0 radical (unpaired) electrons. The molecule has 1 atom stereocenters. The Morgan fingerprint density at radius 3 is 2.50 bits per heavy atom. The van der Waals surface area contributed by atoms with Gasteiger partial charge in [0.05, 0.1) is 0 Å². The fourth-order valence-corrected chi connectivity index (χ4v) is 2.36. The van der Waals surface area contributed by atoms with Gasteiger partial charge in [0.25, 0.3) is 0 Å². The summed E-state index contributed by atoms with van der Waals surface area (Å²) in [6.45, 7) is 3.81. The van der Waals surface area contributed by atoms with Crippen LogP contribution in [0.3, 0.4) is 0 Å². The molecular weight excluding hydrogens is 287 g/mol. The summed E-state index contributed by atoms with van der Waals surface area (Å²) in [7, 11) is 0. The summed E-state index contributed by atoms with van der Waals surface area (Å²) in [5.41, 5.74) is 1.32. The molecule has 1 rings (SSSR count). The van der Waals surface area contributed by atoms with Crippen LogP contribution in [-0.4, -0.2) is 18.5 Å². The lowest BCUT2D eigenvalue weighted by molar-refractivity contribution is 0.129. The topological polar surface area (TPSA) is 9.23 Å². The molecule has 0 aromatic heterocycles. The Labute approximate surface area is 111 Å². The SMILES string of the molecule is CCCOCCC(CBr)c1ccc(Cl)cc1. The highest BCUT2D eigenvalue weighted by molar-refractivity contribution is 9.09. The standard InChI is InChI=1S/C13H18BrClO/c1-2-8-16-9-7-12(10-14)11-3-5-13(15)6-4-11/h3-6,12H,2,7-10H2,1H3. The van der Waals surface area contributed by atoms with E-state index in [0.717, 1.165) is 36.4 Å². The van der Waals surface area contributed by atoms with Crippen LogP contribution in [0.15, 0.2) is 24.3 Å². The van der Waals surface area contributed by atoms with E-state index in [1.165, 1.54) is 5.56 Å². The second-order valence-corrected chi connectivity index (χ2v) is 4.89. The Bertz CT molecular complexity index is 286. The van der Waals surface area contributed by atoms with Gasteiger partial charge in [-0.25, -0.2) is 0 Å². The van der Waals surface area contributed by atoms with Crippen molar-refractivity contribution < 1.29 is 4.74 Å². The number of rotatable bonds is 7. The van der Waals surface area contributed by atoms with Gasteiger partial charge in [0, 0.05) is 23.6 Å². The zero-order valence-corrected chi connectivity index (χ0v) is 11.9. The number of benzene rings is 1. The summed E-state index contributed by atoms with van der Waals surface area (Å²) in [5, 5.41) is 1.75. The third-order valence-corrected chi connectivity index (χ3v) is 3.52. The van der Waals surface area contributed by atoms with E-state index >= 15 is 0 Å². The lowest BCUT2D eigenvalue weighted by atomic mass is 9.98. The Hall–Kier alpha value is -0.0500. The molecule has 16 heavy (non-hydrogen) atoms. The summed E-state index contributed by atoms with van der Waals surface area (Å²) in [6, 6.07) is 8.07. The predicted octanol–water partition coefficient (Wildman–Crippen LogP) is 4.64. The smallest absolute Gasteiger partial charge is 0.0472 e. The molecule has 0 spiro atoms. The first-order valence-corrected chi connectivity index (χ1v) is 7.17. The van der Waals surface area contributed by atoms with E-state index in [9.17, 15) is 0 Å². The summed E-state index contributed by atoms with van der Waals surface area (Å²) in [6.07, 6.45) is 2.13. The Morgan fingerprint density at radius 1 is 1.25 bits per heavy atom. The maximum absolute atomic E-state index is 5.87. The molecule has 0 N–H and O–H groups in total. The molecular formula is C13H18BrClO. The van der Waals surface area contributed by atoms with Crippen molar-refractivity contribution in [1.82, 2.24) is 0 Å². The molecule has 90 valence electrons. The van der Waals surface area contributed by atoms with Crippen LogP contribution in [0.25, 0.3) is 0 Å². The normalized spacial score (nSPS) is 12.7. The van der Waals surface area contributed by atoms with Gasteiger partial charge in [-0.3, -0.25) is 0 Å². The highest BCUT2D eigenvalue weighted by Crippen LogP contribution is 2.23. The van der Waals surface area contributed by atoms with E-state index in [1.54, 1.807) is 0 Å². The summed E-state index contributed by atoms with van der Waals surface area (Å²) in [4.78, 5) is 0. The fraction of sp³-hybridized carbons (Fsp3) is 0.538. The van der Waals surface area contributed by atoms with Gasteiger partial charge in [-0.2, -0.15) is 0 Å². The first kappa shape index (κ1) is 14.0. The Morgan fingerprint density at radius 2 is 1.94 bits per heavy atom. The molecule has 1 aromatic rings. The van der Waals surface area contributed by atoms with Gasteiger partial charge in [0.2, 0.25) is 0 Å². The maximum Gasteiger partial charge on any atom is 0.0472 e. The van der Waals surface area contributed by atoms with E-state index in [2.05, 4.69) is 35.0 Å². The van der Waals surface area contributed by atoms with Crippen molar-refractivity contribution in [3.8, 4) is 0 Å². The molecule has 0 bridgehead atoms. The van der Waals surface area contributed by atoms with E-state index in [0.29, 0.717) is 5.92 Å². The van der Waals surface area contributed by atoms with E-state index < -0.39 is 0 Å². The van der Waals surface area contributed by atoms with Crippen molar-refractivity contribution in [1.29, 1.82) is 0 Å². The summed E-state index contributed by atoms with van der Waals surface area (Å²) < 4.78 is 5.51. The van der Waals surface area contributed by atoms with Gasteiger partial charge in [0.1, 0.15) is 0 Å². The van der Waals surface area contributed by atoms with E-state index in [1.807, 2.05) is 12.1 Å². The minimum absolute atomic E-state index is 0.508. The number of hydrogen-bond donors (Lipinski definition) is 0. The van der Waals surface area contributed by atoms with Gasteiger partial charge >= 0.3 is 0 Å². The second-order valence-electron chi connectivity index (χ2n) is 3.80. The maximum atomic E-state index is 5.87. The van der Waals surface area contributed by atoms with Crippen LogP contribution in [0.4, 0.5) is 0 Å². The van der Waals surface area contributed by atoms with Gasteiger partial charge < -0.3 is 4.74 Å². The van der Waals surface area contributed by atoms with Crippen LogP contribution in [0, 0.1) is 0 Å². The number of ether oxygens (including phenoxy) is 1. The minimum atomic E-state index is 0.508. The van der Waals surface area contributed by atoms with E-state index in [4.69, 9.17) is 16.3 Å². The highest BCUT2D eigenvalue weighted by atomic mass is 79.9. The molecule has 0 saturated heterocycles. The van der Waals surface area contributed by atoms with Crippen molar-refractivity contribution in [3.63, 3.8) is 0 Å². The van der Waals surface area contributed by atoms with Gasteiger partial charge in [-0.05, 0) is 36.5 Å². The zero-order valence-electron chi connectivity index (χ0n) is 9.59. The van der Waals surface area contributed by atoms with Crippen LogP contribution in [-0.2, 0) is 4.74 Å². The molecule has 0 aliphatic carbocycles. The van der Waals surface area contributed by atoms with Crippen molar-refractivity contribution in [3.05, 3.63) is 34.9 Å². The van der Waals surface area contributed by atoms with Crippen molar-refractivity contribution in [2.24, 2.45) is 0 Å². The molecule has 1 unspecified atom stereocenters. The van der Waals surface area contributed by atoms with Crippen LogP contribution in [0.2, 0.25) is 5.02 Å². The van der Waals surface area contributed by atoms with Crippen molar-refractivity contribution in [2.45, 2.75) is 25.7 Å². The molecule has 3 heteroatoms. The lowest BCUT2D eigenvalue weighted by Gasteiger charge is -2.14. The summed E-state index contributed by atoms with van der Waals surface area (Å²) in [5.74, 6) is 0.508. The molecule has 0 saturated carbocycles. The van der Waals surface area contributed by atoms with Crippen molar-refractivity contribution in [2.75, 3.05) is 18.5 Å². The lowest BCUT2D eigenvalue weighted by Crippen LogP contribution is -2.05. The molecule has 1 aromatic carbocycles. The van der Waals surface area contributed by atoms with Crippen molar-refractivity contribution >= 4 is 27.5 Å². The Balaban J connectivity index is 2.44. The minimum Gasteiger partial charge on any atom is -0.381 e. The Kier molecular flexibility index (Phi) is 7.10. The van der Waals surface area contributed by atoms with Crippen LogP contribution in [0.1, 0.15) is 31.2 Å². The van der Waals surface area contributed by atoms with E-state index in [-0.39, 0.29) is 0 Å². The quantitative estimate of drug-likeness (QED) is 0.527. The molecule has 0 aliphatic heterocycles. The first-order chi connectivity index (χ1) is 7.77. The first-order valence-electron chi connectivity index (χ1n) is 5.67. The zero-order chi connectivity index (χ0) is 11.8. The number of alkyl halides is 1. The third-order valence-electron chi connectivity index (χ3n) is 2.49. The van der Waals surface area contributed by atoms with Crippen LogP contribution < -0.4 is 0 Å². The molecule has 0 amide bonds. The largest absolute Gasteiger partial charge is 0.381 e. The molecule has 0 aliphatic rings. The third kappa shape index (κ3) is 4.86. The van der Waals surface area contributed by atoms with Gasteiger partial charge in [0.15, 0.2) is 0 Å². The van der Waals surface area contributed by atoms with Gasteiger partial charge in [-0.15, -0.1) is 0 Å². The fourth-order valence-electron chi connectivity index (χ4n) is 1.54. The summed E-state index contributed by atoms with van der Waals surface area (Å²) >= 11 is 9.42.